The average Bonchev–Trinajstić information content (AvgIpc) is 2.85. The summed E-state index contributed by atoms with van der Waals surface area (Å²) in [5.41, 5.74) is 5.38. The number of aliphatic carboxylic acids is 1. The third kappa shape index (κ3) is 4.86. The van der Waals surface area contributed by atoms with E-state index in [0.717, 1.165) is 67.2 Å². The number of carboxylic acids is 1. The molecule has 0 unspecified atom stereocenters. The molecule has 2 heterocycles. The molecule has 0 aliphatic carbocycles. The lowest BCUT2D eigenvalue weighted by molar-refractivity contribution is -0.143. The molecular weight excluding hydrogens is 496 g/mol. The van der Waals surface area contributed by atoms with Gasteiger partial charge in [0.05, 0.1) is 5.92 Å². The highest BCUT2D eigenvalue weighted by Gasteiger charge is 2.25. The van der Waals surface area contributed by atoms with Gasteiger partial charge in [-0.25, -0.2) is 0 Å². The number of fused-ring (bicyclic) bond motifs is 2. The van der Waals surface area contributed by atoms with Crippen LogP contribution in [-0.2, 0) is 17.6 Å². The molecule has 0 saturated carbocycles. The van der Waals surface area contributed by atoms with Gasteiger partial charge in [0.25, 0.3) is 0 Å². The Balaban J connectivity index is 1.48. The lowest BCUT2D eigenvalue weighted by Crippen LogP contribution is -2.37. The number of carbonyl (C=O) groups is 1. The third-order valence-corrected chi connectivity index (χ3v) is 7.11. The van der Waals surface area contributed by atoms with Gasteiger partial charge in [-0.15, -0.1) is 0 Å². The van der Waals surface area contributed by atoms with Crippen LogP contribution in [0.25, 0.3) is 0 Å². The lowest BCUT2D eigenvalue weighted by Gasteiger charge is -2.32. The fraction of sp³-hybridized carbons (Fsp3) is 0.435. The Morgan fingerprint density at radius 3 is 2.00 bits per heavy atom. The molecule has 6 heteroatoms. The summed E-state index contributed by atoms with van der Waals surface area (Å²) < 4.78 is 2.26. The highest BCUT2D eigenvalue weighted by atomic mass is 79.9. The Labute approximate surface area is 189 Å². The molecule has 2 aliphatic heterocycles. The molecule has 29 heavy (non-hydrogen) atoms. The van der Waals surface area contributed by atoms with Gasteiger partial charge in [0.2, 0.25) is 0 Å². The number of piperidine rings is 1. The van der Waals surface area contributed by atoms with Gasteiger partial charge in [0.15, 0.2) is 0 Å². The quantitative estimate of drug-likeness (QED) is 0.553. The predicted molar refractivity (Wildman–Crippen MR) is 124 cm³/mol. The number of nitrogens with zero attached hydrogens (tertiary/aromatic N) is 2. The van der Waals surface area contributed by atoms with Crippen molar-refractivity contribution in [2.45, 2.75) is 32.1 Å². The van der Waals surface area contributed by atoms with Crippen LogP contribution in [0.15, 0.2) is 45.3 Å². The van der Waals surface area contributed by atoms with E-state index in [2.05, 4.69) is 78.1 Å². The number of benzene rings is 2. The molecular formula is C23H26Br2N2O2. The summed E-state index contributed by atoms with van der Waals surface area (Å²) in [4.78, 5) is 16.1. The molecule has 0 aromatic heterocycles. The highest BCUT2D eigenvalue weighted by Crippen LogP contribution is 2.38. The highest BCUT2D eigenvalue weighted by molar-refractivity contribution is 9.10. The summed E-state index contributed by atoms with van der Waals surface area (Å²) in [7, 11) is 0. The minimum Gasteiger partial charge on any atom is -0.481 e. The number of carboxylic acid groups (broad SMARTS) is 1. The second-order valence-electron chi connectivity index (χ2n) is 8.01. The minimum atomic E-state index is -0.639. The molecule has 2 aromatic rings. The van der Waals surface area contributed by atoms with Crippen molar-refractivity contribution in [1.29, 1.82) is 0 Å². The van der Waals surface area contributed by atoms with E-state index in [1.807, 2.05) is 0 Å². The van der Waals surface area contributed by atoms with Crippen molar-refractivity contribution >= 4 is 49.2 Å². The normalized spacial score (nSPS) is 17.5. The summed E-state index contributed by atoms with van der Waals surface area (Å²) >= 11 is 7.26. The molecule has 2 aromatic carbocycles. The first-order valence-corrected chi connectivity index (χ1v) is 11.9. The lowest BCUT2D eigenvalue weighted by atomic mass is 9.97. The number of likely N-dealkylation sites (tertiary alicyclic amines) is 1. The summed E-state index contributed by atoms with van der Waals surface area (Å²) in [6, 6.07) is 13.2. The number of rotatable bonds is 5. The predicted octanol–water partition coefficient (Wildman–Crippen LogP) is 5.64. The molecule has 1 saturated heterocycles. The number of anilines is 2. The van der Waals surface area contributed by atoms with Crippen molar-refractivity contribution in [3.8, 4) is 0 Å². The first kappa shape index (κ1) is 20.9. The van der Waals surface area contributed by atoms with E-state index in [-0.39, 0.29) is 5.92 Å². The minimum absolute atomic E-state index is 0.160. The fourth-order valence-corrected chi connectivity index (χ4v) is 5.35. The molecule has 2 aliphatic rings. The van der Waals surface area contributed by atoms with Crippen LogP contribution in [0.2, 0.25) is 0 Å². The molecule has 0 bridgehead atoms. The van der Waals surface area contributed by atoms with Gasteiger partial charge in [-0.2, -0.15) is 0 Å². The Hall–Kier alpha value is -1.37. The number of aryl methyl sites for hydroxylation is 2. The van der Waals surface area contributed by atoms with Gasteiger partial charge in [0.1, 0.15) is 0 Å². The van der Waals surface area contributed by atoms with Crippen molar-refractivity contribution in [3.05, 3.63) is 56.5 Å². The number of hydrogen-bond donors (Lipinski definition) is 1. The molecule has 0 amide bonds. The summed E-state index contributed by atoms with van der Waals surface area (Å²) in [6.45, 7) is 3.76. The van der Waals surface area contributed by atoms with E-state index in [0.29, 0.717) is 0 Å². The molecule has 154 valence electrons. The van der Waals surface area contributed by atoms with E-state index in [1.165, 1.54) is 22.5 Å². The van der Waals surface area contributed by atoms with Crippen molar-refractivity contribution in [3.63, 3.8) is 0 Å². The zero-order chi connectivity index (χ0) is 20.4. The topological polar surface area (TPSA) is 43.8 Å². The van der Waals surface area contributed by atoms with E-state index in [9.17, 15) is 9.90 Å². The number of hydrogen-bond acceptors (Lipinski definition) is 3. The van der Waals surface area contributed by atoms with Gasteiger partial charge in [-0.1, -0.05) is 31.9 Å². The second kappa shape index (κ2) is 9.19. The molecule has 0 atom stereocenters. The maximum Gasteiger partial charge on any atom is 0.306 e. The van der Waals surface area contributed by atoms with E-state index < -0.39 is 5.97 Å². The van der Waals surface area contributed by atoms with Gasteiger partial charge < -0.3 is 14.9 Å². The molecule has 0 spiro atoms. The van der Waals surface area contributed by atoms with Gasteiger partial charge in [-0.05, 0) is 99.3 Å². The molecule has 4 nitrogen and oxygen atoms in total. The van der Waals surface area contributed by atoms with Crippen LogP contribution in [0, 0.1) is 5.92 Å². The van der Waals surface area contributed by atoms with Crippen molar-refractivity contribution in [2.24, 2.45) is 5.92 Å². The largest absolute Gasteiger partial charge is 0.481 e. The monoisotopic (exact) mass is 520 g/mol. The van der Waals surface area contributed by atoms with Crippen LogP contribution in [0.1, 0.15) is 30.4 Å². The van der Waals surface area contributed by atoms with Gasteiger partial charge in [0, 0.05) is 26.9 Å². The summed E-state index contributed by atoms with van der Waals surface area (Å²) in [6.07, 6.45) is 4.68. The third-order valence-electron chi connectivity index (χ3n) is 6.12. The number of halogens is 2. The van der Waals surface area contributed by atoms with Crippen LogP contribution in [-0.4, -0.2) is 42.2 Å². The van der Waals surface area contributed by atoms with Crippen molar-refractivity contribution < 1.29 is 9.90 Å². The van der Waals surface area contributed by atoms with Gasteiger partial charge >= 0.3 is 5.97 Å². The average molecular weight is 522 g/mol. The molecule has 0 radical (unpaired) electrons. The van der Waals surface area contributed by atoms with Crippen LogP contribution >= 0.6 is 31.9 Å². The first-order valence-electron chi connectivity index (χ1n) is 10.3. The molecule has 4 rings (SSSR count). The SMILES string of the molecule is O=C(O)C1CCN(CCCN2c3ccc(Br)cc3CCc3cc(Br)ccc32)CC1. The summed E-state index contributed by atoms with van der Waals surface area (Å²) in [5, 5.41) is 9.19. The molecule has 1 fully saturated rings. The zero-order valence-electron chi connectivity index (χ0n) is 16.4. The fourth-order valence-electron chi connectivity index (χ4n) is 4.53. The van der Waals surface area contributed by atoms with Crippen LogP contribution < -0.4 is 4.90 Å². The van der Waals surface area contributed by atoms with Crippen LogP contribution in [0.4, 0.5) is 11.4 Å². The first-order chi connectivity index (χ1) is 14.0. The van der Waals surface area contributed by atoms with Crippen molar-refractivity contribution in [1.82, 2.24) is 4.90 Å². The maximum absolute atomic E-state index is 11.2. The van der Waals surface area contributed by atoms with Crippen LogP contribution in [0.3, 0.4) is 0 Å². The van der Waals surface area contributed by atoms with E-state index >= 15 is 0 Å². The van der Waals surface area contributed by atoms with Crippen molar-refractivity contribution in [2.75, 3.05) is 31.1 Å². The van der Waals surface area contributed by atoms with E-state index in [4.69, 9.17) is 0 Å². The Morgan fingerprint density at radius 2 is 1.48 bits per heavy atom. The zero-order valence-corrected chi connectivity index (χ0v) is 19.6. The maximum atomic E-state index is 11.2. The Morgan fingerprint density at radius 1 is 0.931 bits per heavy atom. The van der Waals surface area contributed by atoms with E-state index in [1.54, 1.807) is 0 Å². The van der Waals surface area contributed by atoms with Crippen LogP contribution in [0.5, 0.6) is 0 Å². The Kier molecular flexibility index (Phi) is 6.62. The standard InChI is InChI=1S/C23H26Br2N2O2/c24-19-4-6-21-17(14-19)2-3-18-15-20(25)5-7-22(18)27(21)11-1-10-26-12-8-16(9-13-26)23(28)29/h4-7,14-16H,1-3,8-13H2,(H,28,29). The smallest absolute Gasteiger partial charge is 0.306 e. The molecule has 1 N–H and O–H groups in total. The second-order valence-corrected chi connectivity index (χ2v) is 9.84. The Bertz CT molecular complexity index is 841. The van der Waals surface area contributed by atoms with Gasteiger partial charge in [-0.3, -0.25) is 4.79 Å². The summed E-state index contributed by atoms with van der Waals surface area (Å²) in [5.74, 6) is -0.799.